The Hall–Kier alpha value is -2.21. The molecule has 1 aliphatic heterocycles. The zero-order valence-corrected chi connectivity index (χ0v) is 15.1. The van der Waals surface area contributed by atoms with E-state index < -0.39 is 0 Å². The van der Waals surface area contributed by atoms with Gasteiger partial charge in [-0.25, -0.2) is 0 Å². The van der Waals surface area contributed by atoms with Crippen LogP contribution < -0.4 is 0 Å². The predicted octanol–water partition coefficient (Wildman–Crippen LogP) is 3.03. The Morgan fingerprint density at radius 1 is 1.32 bits per heavy atom. The first kappa shape index (κ1) is 17.6. The molecule has 1 fully saturated rings. The number of ether oxygens (including phenoxy) is 1. The fraction of sp³-hybridized carbons (Fsp3) is 0.526. The van der Waals surface area contributed by atoms with Crippen LogP contribution in [0.15, 0.2) is 28.8 Å². The maximum atomic E-state index is 12.7. The minimum atomic E-state index is -0.262. The van der Waals surface area contributed by atoms with E-state index in [0.29, 0.717) is 43.8 Å². The minimum absolute atomic E-state index is 0.101. The lowest BCUT2D eigenvalue weighted by atomic mass is 10.00. The second-order valence-corrected chi connectivity index (χ2v) is 6.75. The number of rotatable bonds is 5. The average molecular weight is 343 g/mol. The summed E-state index contributed by atoms with van der Waals surface area (Å²) in [4.78, 5) is 18.8. The molecule has 1 aliphatic rings. The standard InChI is InChI=1S/C19H25N3O3/c1-13(2)16-7-4-15(5-8-16)6-9-18(23)22-10-11-24-12-17(22)19-20-14(3)25-21-19/h4-5,7-8,13,17H,6,9-12H2,1-3H3. The molecule has 1 aromatic heterocycles. The SMILES string of the molecule is Cc1nc(C2COCCN2C(=O)CCc2ccc(C(C)C)cc2)no1. The molecule has 0 saturated carbocycles. The van der Waals surface area contributed by atoms with Crippen LogP contribution in [-0.4, -0.2) is 40.7 Å². The molecule has 25 heavy (non-hydrogen) atoms. The van der Waals surface area contributed by atoms with Gasteiger partial charge in [0, 0.05) is 19.9 Å². The summed E-state index contributed by atoms with van der Waals surface area (Å²) in [6.45, 7) is 7.61. The largest absolute Gasteiger partial charge is 0.377 e. The van der Waals surface area contributed by atoms with Crippen LogP contribution in [0.1, 0.15) is 55.1 Å². The lowest BCUT2D eigenvalue weighted by Crippen LogP contribution is -2.44. The van der Waals surface area contributed by atoms with E-state index in [1.165, 1.54) is 11.1 Å². The summed E-state index contributed by atoms with van der Waals surface area (Å²) in [7, 11) is 0. The quantitative estimate of drug-likeness (QED) is 0.835. The summed E-state index contributed by atoms with van der Waals surface area (Å²) < 4.78 is 10.6. The highest BCUT2D eigenvalue weighted by molar-refractivity contribution is 5.77. The van der Waals surface area contributed by atoms with Crippen molar-refractivity contribution < 1.29 is 14.1 Å². The normalized spacial score (nSPS) is 17.9. The lowest BCUT2D eigenvalue weighted by Gasteiger charge is -2.33. The van der Waals surface area contributed by atoms with E-state index in [1.54, 1.807) is 6.92 Å². The number of morpholine rings is 1. The first-order chi connectivity index (χ1) is 12.0. The smallest absolute Gasteiger partial charge is 0.223 e. The van der Waals surface area contributed by atoms with Gasteiger partial charge in [0.2, 0.25) is 11.8 Å². The number of benzene rings is 1. The molecule has 3 rings (SSSR count). The molecule has 1 unspecified atom stereocenters. The number of aryl methyl sites for hydroxylation is 2. The van der Waals surface area contributed by atoms with Crippen molar-refractivity contribution in [3.63, 3.8) is 0 Å². The summed E-state index contributed by atoms with van der Waals surface area (Å²) in [5.74, 6) is 1.64. The van der Waals surface area contributed by atoms with Gasteiger partial charge >= 0.3 is 0 Å². The molecule has 2 heterocycles. The Morgan fingerprint density at radius 2 is 2.08 bits per heavy atom. The third kappa shape index (κ3) is 4.25. The lowest BCUT2D eigenvalue weighted by molar-refractivity contribution is -0.140. The fourth-order valence-corrected chi connectivity index (χ4v) is 3.03. The van der Waals surface area contributed by atoms with Crippen molar-refractivity contribution in [1.29, 1.82) is 0 Å². The Labute approximate surface area is 148 Å². The molecule has 6 nitrogen and oxygen atoms in total. The highest BCUT2D eigenvalue weighted by atomic mass is 16.5. The van der Waals surface area contributed by atoms with Crippen molar-refractivity contribution in [2.45, 2.75) is 45.6 Å². The van der Waals surface area contributed by atoms with E-state index in [2.05, 4.69) is 48.3 Å². The van der Waals surface area contributed by atoms with Gasteiger partial charge < -0.3 is 14.2 Å². The Balaban J connectivity index is 1.62. The van der Waals surface area contributed by atoms with E-state index in [4.69, 9.17) is 9.26 Å². The van der Waals surface area contributed by atoms with Crippen LogP contribution in [0, 0.1) is 6.92 Å². The van der Waals surface area contributed by atoms with Crippen LogP contribution in [0.4, 0.5) is 0 Å². The van der Waals surface area contributed by atoms with Gasteiger partial charge in [0.1, 0.15) is 6.04 Å². The summed E-state index contributed by atoms with van der Waals surface area (Å²) in [6, 6.07) is 8.25. The summed E-state index contributed by atoms with van der Waals surface area (Å²) in [5, 5.41) is 3.96. The van der Waals surface area contributed by atoms with Gasteiger partial charge in [-0.1, -0.05) is 43.3 Å². The molecule has 0 N–H and O–H groups in total. The molecular weight excluding hydrogens is 318 g/mol. The van der Waals surface area contributed by atoms with Gasteiger partial charge in [-0.3, -0.25) is 4.79 Å². The van der Waals surface area contributed by atoms with Gasteiger partial charge in [-0.2, -0.15) is 4.98 Å². The Morgan fingerprint density at radius 3 is 2.72 bits per heavy atom. The topological polar surface area (TPSA) is 68.5 Å². The number of amides is 1. The van der Waals surface area contributed by atoms with Crippen molar-refractivity contribution in [1.82, 2.24) is 15.0 Å². The van der Waals surface area contributed by atoms with Crippen LogP contribution in [0.25, 0.3) is 0 Å². The van der Waals surface area contributed by atoms with E-state index in [1.807, 2.05) is 4.90 Å². The second kappa shape index (κ2) is 7.78. The van der Waals surface area contributed by atoms with Crippen LogP contribution in [0.2, 0.25) is 0 Å². The number of carbonyl (C=O) groups excluding carboxylic acids is 1. The first-order valence-corrected chi connectivity index (χ1v) is 8.81. The molecule has 134 valence electrons. The molecule has 0 spiro atoms. The Kier molecular flexibility index (Phi) is 5.48. The van der Waals surface area contributed by atoms with Crippen LogP contribution >= 0.6 is 0 Å². The van der Waals surface area contributed by atoms with Crippen molar-refractivity contribution in [3.05, 3.63) is 47.1 Å². The second-order valence-electron chi connectivity index (χ2n) is 6.75. The molecular formula is C19H25N3O3. The molecule has 2 aromatic rings. The van der Waals surface area contributed by atoms with E-state index in [9.17, 15) is 4.79 Å². The number of hydrogen-bond donors (Lipinski definition) is 0. The van der Waals surface area contributed by atoms with E-state index in [0.717, 1.165) is 6.42 Å². The highest BCUT2D eigenvalue weighted by Gasteiger charge is 2.31. The van der Waals surface area contributed by atoms with Crippen LogP contribution in [-0.2, 0) is 16.0 Å². The van der Waals surface area contributed by atoms with Gasteiger partial charge in [0.15, 0.2) is 5.82 Å². The monoisotopic (exact) mass is 343 g/mol. The molecule has 1 amide bonds. The first-order valence-electron chi connectivity index (χ1n) is 8.81. The van der Waals surface area contributed by atoms with Crippen molar-refractivity contribution in [3.8, 4) is 0 Å². The third-order valence-corrected chi connectivity index (χ3v) is 4.56. The number of carbonyl (C=O) groups is 1. The zero-order chi connectivity index (χ0) is 17.8. The third-order valence-electron chi connectivity index (χ3n) is 4.56. The van der Waals surface area contributed by atoms with Crippen LogP contribution in [0.5, 0.6) is 0 Å². The molecule has 6 heteroatoms. The molecule has 1 aromatic carbocycles. The average Bonchev–Trinajstić information content (AvgIpc) is 3.06. The van der Waals surface area contributed by atoms with Crippen molar-refractivity contribution in [2.75, 3.05) is 19.8 Å². The molecule has 1 atom stereocenters. The maximum Gasteiger partial charge on any atom is 0.223 e. The van der Waals surface area contributed by atoms with Gasteiger partial charge in [-0.05, 0) is 23.5 Å². The number of hydrogen-bond acceptors (Lipinski definition) is 5. The molecule has 0 aliphatic carbocycles. The predicted molar refractivity (Wildman–Crippen MR) is 93.2 cm³/mol. The van der Waals surface area contributed by atoms with Crippen molar-refractivity contribution >= 4 is 5.91 Å². The van der Waals surface area contributed by atoms with Gasteiger partial charge in [-0.15, -0.1) is 0 Å². The number of aromatic nitrogens is 2. The molecule has 0 bridgehead atoms. The van der Waals surface area contributed by atoms with Gasteiger partial charge in [0.25, 0.3) is 0 Å². The minimum Gasteiger partial charge on any atom is -0.377 e. The summed E-state index contributed by atoms with van der Waals surface area (Å²) in [6.07, 6.45) is 1.20. The van der Waals surface area contributed by atoms with Gasteiger partial charge in [0.05, 0.1) is 13.2 Å². The zero-order valence-electron chi connectivity index (χ0n) is 15.1. The number of nitrogens with zero attached hydrogens (tertiary/aromatic N) is 3. The Bertz CT molecular complexity index is 709. The highest BCUT2D eigenvalue weighted by Crippen LogP contribution is 2.23. The summed E-state index contributed by atoms with van der Waals surface area (Å²) >= 11 is 0. The van der Waals surface area contributed by atoms with Crippen LogP contribution in [0.3, 0.4) is 0 Å². The molecule has 1 saturated heterocycles. The van der Waals surface area contributed by atoms with Crippen molar-refractivity contribution in [2.24, 2.45) is 0 Å². The van der Waals surface area contributed by atoms with E-state index in [-0.39, 0.29) is 11.9 Å². The fourth-order valence-electron chi connectivity index (χ4n) is 3.03. The summed E-state index contributed by atoms with van der Waals surface area (Å²) in [5.41, 5.74) is 2.49. The molecule has 0 radical (unpaired) electrons. The maximum absolute atomic E-state index is 12.7. The van der Waals surface area contributed by atoms with E-state index >= 15 is 0 Å².